The molecule has 1 atom stereocenters. The fourth-order valence-electron chi connectivity index (χ4n) is 3.28. The van der Waals surface area contributed by atoms with Gasteiger partial charge in [0.1, 0.15) is 0 Å². The molecule has 0 fully saturated rings. The number of hydrogen-bond donors (Lipinski definition) is 1. The number of thioether (sulfide) groups is 2. The number of benzene rings is 2. The zero-order valence-electron chi connectivity index (χ0n) is 17.6. The average molecular weight is 438 g/mol. The van der Waals surface area contributed by atoms with Crippen LogP contribution < -0.4 is 0 Å². The molecule has 2 rings (SSSR count). The topological polar surface area (TPSA) is 37.3 Å². The van der Waals surface area contributed by atoms with Gasteiger partial charge in [-0.2, -0.15) is 23.5 Å². The Morgan fingerprint density at radius 2 is 1.45 bits per heavy atom. The third kappa shape index (κ3) is 9.53. The minimum absolute atomic E-state index is 0.0783. The Bertz CT molecular complexity index is 821. The molecule has 0 saturated carbocycles. The van der Waals surface area contributed by atoms with Crippen molar-refractivity contribution in [2.75, 3.05) is 0 Å². The van der Waals surface area contributed by atoms with Crippen molar-refractivity contribution in [3.05, 3.63) is 71.8 Å². The summed E-state index contributed by atoms with van der Waals surface area (Å²) in [7, 11) is 32.5. The maximum atomic E-state index is 10.9. The minimum atomic E-state index is -1.25. The monoisotopic (exact) mass is 438 g/mol. The summed E-state index contributed by atoms with van der Waals surface area (Å²) in [6.45, 7) is 0. The summed E-state index contributed by atoms with van der Waals surface area (Å²) < 4.78 is -3.30. The fourth-order valence-corrected chi connectivity index (χ4v) is 5.84. The first kappa shape index (κ1) is 26.2. The van der Waals surface area contributed by atoms with Gasteiger partial charge in [0.25, 0.3) is 0 Å². The second-order valence-electron chi connectivity index (χ2n) is 7.83. The molecule has 10 radical (unpaired) electrons. The van der Waals surface area contributed by atoms with Gasteiger partial charge in [0.05, 0.1) is 39.2 Å². The molecule has 9 heteroatoms. The molecule has 31 heavy (non-hydrogen) atoms. The van der Waals surface area contributed by atoms with E-state index in [4.69, 9.17) is 44.3 Å². The van der Waals surface area contributed by atoms with E-state index in [0.717, 1.165) is 11.1 Å². The molecule has 1 unspecified atom stereocenters. The molecule has 0 aromatic heterocycles. The highest BCUT2D eigenvalue weighted by Crippen LogP contribution is 2.46. The van der Waals surface area contributed by atoms with Crippen molar-refractivity contribution in [3.8, 4) is 0 Å². The van der Waals surface area contributed by atoms with Crippen molar-refractivity contribution in [2.24, 2.45) is 0 Å². The summed E-state index contributed by atoms with van der Waals surface area (Å²) in [5, 5.41) is 8.92. The van der Waals surface area contributed by atoms with Gasteiger partial charge in [-0.1, -0.05) is 71.6 Å². The predicted molar refractivity (Wildman–Crippen MR) is 138 cm³/mol. The van der Waals surface area contributed by atoms with E-state index < -0.39 is 19.7 Å². The quantitative estimate of drug-likeness (QED) is 0.383. The largest absolute Gasteiger partial charge is 0.481 e. The summed E-state index contributed by atoms with van der Waals surface area (Å²) in [5.74, 6) is -0.195. The van der Waals surface area contributed by atoms with E-state index in [0.29, 0.717) is 25.0 Å². The molecule has 2 aromatic carbocycles. The normalized spacial score (nSPS) is 14.1. The molecule has 0 heterocycles. The van der Waals surface area contributed by atoms with Crippen LogP contribution >= 0.6 is 23.5 Å². The molecule has 0 aliphatic heterocycles. The van der Waals surface area contributed by atoms with Gasteiger partial charge >= 0.3 is 5.97 Å². The zero-order chi connectivity index (χ0) is 23.0. The third-order valence-electron chi connectivity index (χ3n) is 4.76. The van der Waals surface area contributed by atoms with Crippen LogP contribution in [0.4, 0.5) is 0 Å². The predicted octanol–water partition coefficient (Wildman–Crippen LogP) is 3.69. The summed E-state index contributed by atoms with van der Waals surface area (Å²) >= 11 is 2.63. The second kappa shape index (κ2) is 11.7. The van der Waals surface area contributed by atoms with E-state index in [1.54, 1.807) is 0 Å². The van der Waals surface area contributed by atoms with Gasteiger partial charge in [0.15, 0.2) is 0 Å². The first-order chi connectivity index (χ1) is 14.5. The van der Waals surface area contributed by atoms with Crippen LogP contribution in [-0.4, -0.2) is 59.5 Å². The first-order valence-corrected chi connectivity index (χ1v) is 11.9. The number of rotatable bonds is 13. The first-order valence-electron chi connectivity index (χ1n) is 10.1. The number of aliphatic carboxylic acids is 1. The van der Waals surface area contributed by atoms with Crippen molar-refractivity contribution in [2.45, 2.75) is 51.6 Å². The lowest BCUT2D eigenvalue weighted by Gasteiger charge is -2.44. The number of hydrogen-bond acceptors (Lipinski definition) is 3. The van der Waals surface area contributed by atoms with Crippen LogP contribution in [0.25, 0.3) is 0 Å². The maximum absolute atomic E-state index is 10.9. The molecule has 2 aromatic rings. The summed E-state index contributed by atoms with van der Waals surface area (Å²) in [4.78, 5) is 10.9. The Morgan fingerprint density at radius 3 is 2.03 bits per heavy atom. The third-order valence-corrected chi connectivity index (χ3v) is 7.25. The van der Waals surface area contributed by atoms with E-state index >= 15 is 0 Å². The lowest BCUT2D eigenvalue weighted by Crippen LogP contribution is -2.42. The Labute approximate surface area is 201 Å². The van der Waals surface area contributed by atoms with Crippen LogP contribution in [0.1, 0.15) is 43.2 Å². The van der Waals surface area contributed by atoms with Crippen LogP contribution in [0.3, 0.4) is 0 Å². The molecule has 2 nitrogen and oxygen atoms in total. The standard InChI is InChI=1S/C22H23B5O2S2/c23-20(14-8-7-13-19(28)29,31-22(26,27)18-11-5-2-6-12-18)16-21(24,25)30-15-17-9-3-1-4-10-17/h1-6,9-12H,7-8,13-16H2,(H,28,29). The van der Waals surface area contributed by atoms with Crippen molar-refractivity contribution in [1.29, 1.82) is 0 Å². The molecule has 0 spiro atoms. The van der Waals surface area contributed by atoms with Crippen molar-refractivity contribution in [1.82, 2.24) is 0 Å². The Kier molecular flexibility index (Phi) is 9.88. The SMILES string of the molecule is [B]C([B])(CC([B])(CCCCC(=O)O)SC([B])([B])c1ccccc1)SCc1ccccc1. The number of carboxylic acid groups (broad SMARTS) is 1. The molecule has 0 saturated heterocycles. The Balaban J connectivity index is 2.12. The van der Waals surface area contributed by atoms with Gasteiger partial charge in [-0.25, -0.2) is 0 Å². The zero-order valence-corrected chi connectivity index (χ0v) is 19.2. The number of carbonyl (C=O) groups is 1. The van der Waals surface area contributed by atoms with E-state index in [1.807, 2.05) is 60.7 Å². The highest BCUT2D eigenvalue weighted by Gasteiger charge is 2.37. The van der Waals surface area contributed by atoms with Gasteiger partial charge in [-0.3, -0.25) is 4.79 Å². The van der Waals surface area contributed by atoms with Gasteiger partial charge < -0.3 is 5.11 Å². The van der Waals surface area contributed by atoms with Crippen LogP contribution in [0.2, 0.25) is 0 Å². The maximum Gasteiger partial charge on any atom is 0.303 e. The van der Waals surface area contributed by atoms with Gasteiger partial charge in [-0.05, 0) is 39.6 Å². The van der Waals surface area contributed by atoms with Crippen LogP contribution in [0, 0.1) is 0 Å². The molecule has 0 amide bonds. The molecular formula is C22H23B5O2S2. The number of carboxylic acids is 1. The molecule has 0 bridgehead atoms. The smallest absolute Gasteiger partial charge is 0.303 e. The highest BCUT2D eigenvalue weighted by molar-refractivity contribution is 8.05. The Hall–Kier alpha value is -1.07. The number of unbranched alkanes of at least 4 members (excludes halogenated alkanes) is 1. The van der Waals surface area contributed by atoms with E-state index in [1.165, 1.54) is 23.5 Å². The molecule has 1 N–H and O–H groups in total. The van der Waals surface area contributed by atoms with E-state index in [2.05, 4.69) is 0 Å². The lowest BCUT2D eigenvalue weighted by molar-refractivity contribution is -0.137. The van der Waals surface area contributed by atoms with Crippen LogP contribution in [0.15, 0.2) is 60.7 Å². The molecule has 150 valence electrons. The van der Waals surface area contributed by atoms with Gasteiger partial charge in [-0.15, -0.1) is 0 Å². The second-order valence-corrected chi connectivity index (χ2v) is 10.9. The summed E-state index contributed by atoms with van der Waals surface area (Å²) in [6.07, 6.45) is 1.91. The van der Waals surface area contributed by atoms with Crippen LogP contribution in [0.5, 0.6) is 0 Å². The lowest BCUT2D eigenvalue weighted by atomic mass is 9.60. The summed E-state index contributed by atoms with van der Waals surface area (Å²) in [5.41, 5.74) is 1.85. The summed E-state index contributed by atoms with van der Waals surface area (Å²) in [6, 6.07) is 19.2. The molecule has 0 aliphatic rings. The van der Waals surface area contributed by atoms with Gasteiger partial charge in [0.2, 0.25) is 0 Å². The van der Waals surface area contributed by atoms with Crippen LogP contribution in [-0.2, 0) is 15.1 Å². The van der Waals surface area contributed by atoms with Crippen molar-refractivity contribution >= 4 is 68.7 Å². The molecular weight excluding hydrogens is 414 g/mol. The fraction of sp³-hybridized carbons (Fsp3) is 0.409. The minimum Gasteiger partial charge on any atom is -0.481 e. The Morgan fingerprint density at radius 1 is 0.871 bits per heavy atom. The van der Waals surface area contributed by atoms with E-state index in [-0.39, 0.29) is 12.8 Å². The van der Waals surface area contributed by atoms with Crippen molar-refractivity contribution < 1.29 is 9.90 Å². The van der Waals surface area contributed by atoms with E-state index in [9.17, 15) is 4.79 Å². The molecule has 0 aliphatic carbocycles. The average Bonchev–Trinajstić information content (AvgIpc) is 2.70. The van der Waals surface area contributed by atoms with Gasteiger partial charge in [0, 0.05) is 12.2 Å². The highest BCUT2D eigenvalue weighted by atomic mass is 32.2. The van der Waals surface area contributed by atoms with Crippen molar-refractivity contribution in [3.63, 3.8) is 0 Å².